The van der Waals surface area contributed by atoms with E-state index < -0.39 is 0 Å². The van der Waals surface area contributed by atoms with Crippen molar-refractivity contribution in [1.82, 2.24) is 5.16 Å². The van der Waals surface area contributed by atoms with E-state index in [9.17, 15) is 0 Å². The summed E-state index contributed by atoms with van der Waals surface area (Å²) in [5, 5.41) is 3.92. The monoisotopic (exact) mass is 276 g/mol. The molecule has 20 heavy (non-hydrogen) atoms. The summed E-state index contributed by atoms with van der Waals surface area (Å²) in [4.78, 5) is 0. The van der Waals surface area contributed by atoms with Crippen molar-refractivity contribution in [3.63, 3.8) is 0 Å². The Morgan fingerprint density at radius 2 is 2.10 bits per heavy atom. The fourth-order valence-electron chi connectivity index (χ4n) is 2.00. The lowest BCUT2D eigenvalue weighted by Gasteiger charge is -2.15. The van der Waals surface area contributed by atoms with E-state index in [1.807, 2.05) is 39.0 Å². The van der Waals surface area contributed by atoms with Gasteiger partial charge in [-0.1, -0.05) is 11.2 Å². The number of benzene rings is 1. The van der Waals surface area contributed by atoms with E-state index in [0.29, 0.717) is 6.61 Å². The highest BCUT2D eigenvalue weighted by molar-refractivity contribution is 5.42. The van der Waals surface area contributed by atoms with E-state index in [0.717, 1.165) is 34.1 Å². The normalized spacial score (nSPS) is 12.2. The second kappa shape index (κ2) is 5.96. The molecule has 0 aliphatic heterocycles. The van der Waals surface area contributed by atoms with Crippen LogP contribution in [0.1, 0.15) is 35.5 Å². The predicted molar refractivity (Wildman–Crippen MR) is 75.9 cm³/mol. The van der Waals surface area contributed by atoms with Crippen molar-refractivity contribution in [2.75, 3.05) is 7.11 Å². The molecule has 0 saturated heterocycles. The molecule has 0 bridgehead atoms. The van der Waals surface area contributed by atoms with Gasteiger partial charge in [0.25, 0.3) is 0 Å². The van der Waals surface area contributed by atoms with Crippen molar-refractivity contribution < 1.29 is 14.0 Å². The van der Waals surface area contributed by atoms with E-state index in [-0.39, 0.29) is 6.04 Å². The topological polar surface area (TPSA) is 70.5 Å². The van der Waals surface area contributed by atoms with Crippen LogP contribution in [0.4, 0.5) is 0 Å². The molecular weight excluding hydrogens is 256 g/mol. The molecule has 1 aromatic carbocycles. The van der Waals surface area contributed by atoms with Gasteiger partial charge in [0.15, 0.2) is 0 Å². The Kier molecular flexibility index (Phi) is 4.29. The third-order valence-corrected chi connectivity index (χ3v) is 3.26. The predicted octanol–water partition coefficient (Wildman–Crippen LogP) is 2.90. The van der Waals surface area contributed by atoms with Gasteiger partial charge in [0.1, 0.15) is 23.9 Å². The van der Waals surface area contributed by atoms with Gasteiger partial charge in [-0.2, -0.15) is 0 Å². The van der Waals surface area contributed by atoms with Gasteiger partial charge in [-0.15, -0.1) is 0 Å². The van der Waals surface area contributed by atoms with Crippen LogP contribution < -0.4 is 15.2 Å². The fourth-order valence-corrected chi connectivity index (χ4v) is 2.00. The highest BCUT2D eigenvalue weighted by Gasteiger charge is 2.13. The number of rotatable bonds is 5. The van der Waals surface area contributed by atoms with Crippen molar-refractivity contribution in [1.29, 1.82) is 0 Å². The Morgan fingerprint density at radius 3 is 2.65 bits per heavy atom. The molecule has 0 amide bonds. The van der Waals surface area contributed by atoms with Gasteiger partial charge < -0.3 is 19.7 Å². The molecule has 2 N–H and O–H groups in total. The minimum Gasteiger partial charge on any atom is -0.497 e. The lowest BCUT2D eigenvalue weighted by Crippen LogP contribution is -2.08. The molecule has 5 nitrogen and oxygen atoms in total. The maximum Gasteiger partial charge on any atom is 0.140 e. The molecule has 108 valence electrons. The second-order valence-corrected chi connectivity index (χ2v) is 4.78. The first kappa shape index (κ1) is 14.4. The molecule has 5 heteroatoms. The molecule has 1 atom stereocenters. The van der Waals surface area contributed by atoms with E-state index in [1.54, 1.807) is 7.11 Å². The minimum atomic E-state index is -0.111. The molecule has 0 fully saturated rings. The number of methoxy groups -OCH3 is 1. The highest BCUT2D eigenvalue weighted by atomic mass is 16.5. The molecule has 0 aliphatic rings. The SMILES string of the molecule is COc1ccc(C(C)N)c(OCc2c(C)noc2C)c1. The van der Waals surface area contributed by atoms with Crippen molar-refractivity contribution in [3.8, 4) is 11.5 Å². The van der Waals surface area contributed by atoms with Crippen LogP contribution in [0.5, 0.6) is 11.5 Å². The zero-order valence-electron chi connectivity index (χ0n) is 12.3. The Hall–Kier alpha value is -2.01. The van der Waals surface area contributed by atoms with E-state index >= 15 is 0 Å². The zero-order chi connectivity index (χ0) is 14.7. The Balaban J connectivity index is 2.23. The third kappa shape index (κ3) is 2.93. The quantitative estimate of drug-likeness (QED) is 0.909. The molecule has 0 saturated carbocycles. The average Bonchev–Trinajstić information content (AvgIpc) is 2.75. The van der Waals surface area contributed by atoms with Gasteiger partial charge >= 0.3 is 0 Å². The number of hydrogen-bond acceptors (Lipinski definition) is 5. The molecule has 0 radical (unpaired) electrons. The molecule has 0 aliphatic carbocycles. The standard InChI is InChI=1S/C15H20N2O3/c1-9(16)13-6-5-12(18-4)7-15(13)19-8-14-10(2)17-20-11(14)3/h5-7,9H,8,16H2,1-4H3. The van der Waals surface area contributed by atoms with Crippen LogP contribution in [0.2, 0.25) is 0 Å². The van der Waals surface area contributed by atoms with Crippen LogP contribution >= 0.6 is 0 Å². The van der Waals surface area contributed by atoms with Crippen LogP contribution in [0, 0.1) is 13.8 Å². The first-order valence-corrected chi connectivity index (χ1v) is 6.51. The molecule has 0 spiro atoms. The average molecular weight is 276 g/mol. The van der Waals surface area contributed by atoms with Gasteiger partial charge in [0, 0.05) is 17.7 Å². The molecular formula is C15H20N2O3. The van der Waals surface area contributed by atoms with Crippen LogP contribution in [-0.2, 0) is 6.61 Å². The second-order valence-electron chi connectivity index (χ2n) is 4.78. The Bertz CT molecular complexity index is 571. The van der Waals surface area contributed by atoms with Gasteiger partial charge in [0.2, 0.25) is 0 Å². The highest BCUT2D eigenvalue weighted by Crippen LogP contribution is 2.29. The number of hydrogen-bond donors (Lipinski definition) is 1. The molecule has 2 rings (SSSR count). The number of ether oxygens (including phenoxy) is 2. The third-order valence-electron chi connectivity index (χ3n) is 3.26. The first-order valence-electron chi connectivity index (χ1n) is 6.51. The summed E-state index contributed by atoms with van der Waals surface area (Å²) in [5.74, 6) is 2.23. The Morgan fingerprint density at radius 1 is 1.35 bits per heavy atom. The number of nitrogens with zero attached hydrogens (tertiary/aromatic N) is 1. The molecule has 1 unspecified atom stereocenters. The minimum absolute atomic E-state index is 0.111. The number of aromatic nitrogens is 1. The fraction of sp³-hybridized carbons (Fsp3) is 0.400. The van der Waals surface area contributed by atoms with Crippen LogP contribution in [-0.4, -0.2) is 12.3 Å². The van der Waals surface area contributed by atoms with Gasteiger partial charge in [-0.3, -0.25) is 0 Å². The largest absolute Gasteiger partial charge is 0.497 e. The van der Waals surface area contributed by atoms with E-state index in [2.05, 4.69) is 5.16 Å². The Labute approximate surface area is 118 Å². The molecule has 1 heterocycles. The van der Waals surface area contributed by atoms with Gasteiger partial charge in [0.05, 0.1) is 18.4 Å². The van der Waals surface area contributed by atoms with E-state index in [4.69, 9.17) is 19.7 Å². The summed E-state index contributed by atoms with van der Waals surface area (Å²) >= 11 is 0. The summed E-state index contributed by atoms with van der Waals surface area (Å²) < 4.78 is 16.2. The molecule has 2 aromatic rings. The van der Waals surface area contributed by atoms with E-state index in [1.165, 1.54) is 0 Å². The van der Waals surface area contributed by atoms with Gasteiger partial charge in [-0.05, 0) is 26.8 Å². The summed E-state index contributed by atoms with van der Waals surface area (Å²) in [5.41, 5.74) is 8.71. The van der Waals surface area contributed by atoms with Crippen LogP contribution in [0.15, 0.2) is 22.7 Å². The smallest absolute Gasteiger partial charge is 0.140 e. The maximum atomic E-state index is 5.96. The summed E-state index contributed by atoms with van der Waals surface area (Å²) in [6, 6.07) is 5.53. The zero-order valence-corrected chi connectivity index (χ0v) is 12.3. The number of nitrogens with two attached hydrogens (primary N) is 1. The van der Waals surface area contributed by atoms with Crippen LogP contribution in [0.25, 0.3) is 0 Å². The maximum absolute atomic E-state index is 5.96. The summed E-state index contributed by atoms with van der Waals surface area (Å²) in [6.07, 6.45) is 0. The van der Waals surface area contributed by atoms with Crippen molar-refractivity contribution in [3.05, 3.63) is 40.8 Å². The summed E-state index contributed by atoms with van der Waals surface area (Å²) in [7, 11) is 1.62. The number of aryl methyl sites for hydroxylation is 2. The first-order chi connectivity index (χ1) is 9.52. The lowest BCUT2D eigenvalue weighted by molar-refractivity contribution is 0.295. The van der Waals surface area contributed by atoms with Crippen molar-refractivity contribution in [2.45, 2.75) is 33.4 Å². The van der Waals surface area contributed by atoms with Crippen molar-refractivity contribution in [2.24, 2.45) is 5.73 Å². The summed E-state index contributed by atoms with van der Waals surface area (Å²) in [6.45, 7) is 6.09. The van der Waals surface area contributed by atoms with Gasteiger partial charge in [-0.25, -0.2) is 0 Å². The van der Waals surface area contributed by atoms with Crippen LogP contribution in [0.3, 0.4) is 0 Å². The van der Waals surface area contributed by atoms with Crippen molar-refractivity contribution >= 4 is 0 Å². The lowest BCUT2D eigenvalue weighted by atomic mass is 10.1. The molecule has 1 aromatic heterocycles.